The van der Waals surface area contributed by atoms with E-state index < -0.39 is 28.4 Å². The van der Waals surface area contributed by atoms with Crippen molar-refractivity contribution in [2.24, 2.45) is 0 Å². The predicted octanol–water partition coefficient (Wildman–Crippen LogP) is -1.01. The van der Waals surface area contributed by atoms with Crippen molar-refractivity contribution < 1.29 is 18.4 Å². The van der Waals surface area contributed by atoms with Crippen molar-refractivity contribution >= 4 is 35.0 Å². The molecule has 4 atom stereocenters. The highest BCUT2D eigenvalue weighted by atomic mass is 32.2. The summed E-state index contributed by atoms with van der Waals surface area (Å²) in [6, 6.07) is -0.988. The van der Waals surface area contributed by atoms with E-state index in [0.29, 0.717) is 25.0 Å². The van der Waals surface area contributed by atoms with Gasteiger partial charge in [-0.15, -0.1) is 0 Å². The van der Waals surface area contributed by atoms with Crippen LogP contribution >= 0.6 is 11.8 Å². The molecule has 0 aliphatic carbocycles. The second-order valence-electron chi connectivity index (χ2n) is 3.80. The summed E-state index contributed by atoms with van der Waals surface area (Å²) >= 11 is -0.443. The monoisotopic (exact) mass is 280 g/mol. The number of hydrogen-bond donors (Lipinski definition) is 3. The maximum absolute atomic E-state index is 11.7. The lowest BCUT2D eigenvalue weighted by Gasteiger charge is -2.15. The summed E-state index contributed by atoms with van der Waals surface area (Å²) in [5.74, 6) is 0.237. The minimum absolute atomic E-state index is 0.288. The average Bonchev–Trinajstić information content (AvgIpc) is 2.77. The number of carbonyl (C=O) groups is 2. The van der Waals surface area contributed by atoms with Gasteiger partial charge in [0.2, 0.25) is 5.91 Å². The fourth-order valence-electron chi connectivity index (χ4n) is 1.63. The molecule has 1 aliphatic rings. The minimum atomic E-state index is -1.91. The zero-order valence-corrected chi connectivity index (χ0v) is 11.1. The van der Waals surface area contributed by atoms with Crippen LogP contribution in [0.4, 0.5) is 0 Å². The number of thioether (sulfide) groups is 1. The Morgan fingerprint density at radius 2 is 2.47 bits per heavy atom. The molecule has 1 rings (SSSR count). The van der Waals surface area contributed by atoms with Crippen LogP contribution in [-0.2, 0) is 20.7 Å². The van der Waals surface area contributed by atoms with E-state index in [9.17, 15) is 13.8 Å². The van der Waals surface area contributed by atoms with Gasteiger partial charge >= 0.3 is 0 Å². The van der Waals surface area contributed by atoms with Gasteiger partial charge in [0.1, 0.15) is 6.29 Å². The Morgan fingerprint density at radius 3 is 2.94 bits per heavy atom. The molecule has 1 aliphatic heterocycles. The van der Waals surface area contributed by atoms with Gasteiger partial charge in [-0.25, -0.2) is 4.21 Å². The van der Waals surface area contributed by atoms with E-state index >= 15 is 0 Å². The van der Waals surface area contributed by atoms with Gasteiger partial charge in [-0.3, -0.25) is 4.79 Å². The fraction of sp³-hybridized carbons (Fsp3) is 0.778. The molecule has 0 aromatic heterocycles. The summed E-state index contributed by atoms with van der Waals surface area (Å²) in [4.78, 5) is 22.4. The van der Waals surface area contributed by atoms with Crippen LogP contribution in [0.2, 0.25) is 0 Å². The number of amides is 1. The predicted molar refractivity (Wildman–Crippen MR) is 67.3 cm³/mol. The fourth-order valence-corrected chi connectivity index (χ4v) is 2.75. The lowest BCUT2D eigenvalue weighted by atomic mass is 10.2. The Balaban J connectivity index is 2.43. The van der Waals surface area contributed by atoms with Crippen LogP contribution in [0.25, 0.3) is 0 Å². The molecule has 17 heavy (non-hydrogen) atoms. The van der Waals surface area contributed by atoms with Gasteiger partial charge in [0.05, 0.1) is 17.3 Å². The molecule has 0 aromatic rings. The number of aldehydes is 1. The van der Waals surface area contributed by atoms with Crippen LogP contribution in [0, 0.1) is 0 Å². The molecule has 0 aromatic carbocycles. The molecule has 0 radical (unpaired) electrons. The minimum Gasteiger partial charge on any atom is -0.344 e. The van der Waals surface area contributed by atoms with E-state index in [1.54, 1.807) is 0 Å². The van der Waals surface area contributed by atoms with Crippen molar-refractivity contribution in [3.05, 3.63) is 0 Å². The summed E-state index contributed by atoms with van der Waals surface area (Å²) in [6.07, 6.45) is 2.87. The van der Waals surface area contributed by atoms with Crippen LogP contribution in [0.1, 0.15) is 6.42 Å². The number of hydrogen-bond acceptors (Lipinski definition) is 5. The molecular weight excluding hydrogens is 264 g/mol. The van der Waals surface area contributed by atoms with Gasteiger partial charge in [0, 0.05) is 12.3 Å². The zero-order chi connectivity index (χ0) is 12.8. The van der Waals surface area contributed by atoms with Crippen LogP contribution in [0.3, 0.4) is 0 Å². The largest absolute Gasteiger partial charge is 0.344 e. The lowest BCUT2D eigenvalue weighted by Crippen LogP contribution is -2.46. The Hall–Kier alpha value is -0.440. The summed E-state index contributed by atoms with van der Waals surface area (Å²) in [6.45, 7) is 0.343. The Morgan fingerprint density at radius 1 is 1.76 bits per heavy atom. The molecule has 0 bridgehead atoms. The zero-order valence-electron chi connectivity index (χ0n) is 9.42. The smallest absolute Gasteiger partial charge is 0.237 e. The molecule has 8 heteroatoms. The lowest BCUT2D eigenvalue weighted by molar-refractivity contribution is -0.125. The van der Waals surface area contributed by atoms with Crippen molar-refractivity contribution in [2.45, 2.75) is 23.8 Å². The number of carbonyl (C=O) groups excluding carboxylic acids is 2. The third kappa shape index (κ3) is 4.38. The molecular formula is C9H16N2O4S2. The molecule has 6 nitrogen and oxygen atoms in total. The van der Waals surface area contributed by atoms with Crippen LogP contribution < -0.4 is 10.6 Å². The third-order valence-corrected chi connectivity index (χ3v) is 4.15. The van der Waals surface area contributed by atoms with E-state index in [1.807, 2.05) is 6.26 Å². The van der Waals surface area contributed by atoms with Crippen molar-refractivity contribution in [1.82, 2.24) is 10.6 Å². The standard InChI is InChI=1S/C9H16N2O4S2/c1-16-5-6(4-12)11-9(13)8-2-7(3-10-8)17(14)15/h4,6-8,10H,2-3,5H2,1H3,(H,11,13)(H,14,15). The first-order valence-corrected chi connectivity index (χ1v) is 7.72. The highest BCUT2D eigenvalue weighted by molar-refractivity contribution is 7.98. The Labute approximate surface area is 107 Å². The summed E-state index contributed by atoms with van der Waals surface area (Å²) < 4.78 is 19.7. The van der Waals surface area contributed by atoms with E-state index in [-0.39, 0.29) is 5.91 Å². The van der Waals surface area contributed by atoms with Crippen LogP contribution in [-0.4, -0.2) is 56.8 Å². The van der Waals surface area contributed by atoms with Crippen LogP contribution in [0.15, 0.2) is 0 Å². The first kappa shape index (κ1) is 14.6. The second kappa shape index (κ2) is 7.10. The van der Waals surface area contributed by atoms with Crippen molar-refractivity contribution in [3.8, 4) is 0 Å². The van der Waals surface area contributed by atoms with Crippen LogP contribution in [0.5, 0.6) is 0 Å². The van der Waals surface area contributed by atoms with E-state index in [1.165, 1.54) is 11.8 Å². The van der Waals surface area contributed by atoms with E-state index in [4.69, 9.17) is 4.55 Å². The molecule has 1 fully saturated rings. The van der Waals surface area contributed by atoms with Gasteiger partial charge in [-0.05, 0) is 12.7 Å². The first-order valence-electron chi connectivity index (χ1n) is 5.16. The number of nitrogens with one attached hydrogen (secondary N) is 2. The third-order valence-electron chi connectivity index (χ3n) is 2.53. The van der Waals surface area contributed by atoms with E-state index in [0.717, 1.165) is 0 Å². The van der Waals surface area contributed by atoms with Crippen molar-refractivity contribution in [1.29, 1.82) is 0 Å². The summed E-state index contributed by atoms with van der Waals surface area (Å²) in [7, 11) is 0. The number of rotatable bonds is 6. The van der Waals surface area contributed by atoms with Gasteiger partial charge in [0.25, 0.3) is 0 Å². The molecule has 0 saturated carbocycles. The molecule has 1 amide bonds. The Bertz CT molecular complexity index is 313. The highest BCUT2D eigenvalue weighted by Gasteiger charge is 2.33. The average molecular weight is 280 g/mol. The maximum atomic E-state index is 11.7. The van der Waals surface area contributed by atoms with E-state index in [2.05, 4.69) is 10.6 Å². The van der Waals surface area contributed by atoms with Gasteiger partial charge in [-0.2, -0.15) is 11.8 Å². The molecule has 4 unspecified atom stereocenters. The second-order valence-corrected chi connectivity index (χ2v) is 5.93. The SMILES string of the molecule is CSCC(C=O)NC(=O)C1CC(S(=O)O)CN1. The molecule has 3 N–H and O–H groups in total. The first-order chi connectivity index (χ1) is 8.08. The summed E-state index contributed by atoms with van der Waals surface area (Å²) in [5.41, 5.74) is 0. The highest BCUT2D eigenvalue weighted by Crippen LogP contribution is 2.11. The Kier molecular flexibility index (Phi) is 6.10. The summed E-state index contributed by atoms with van der Waals surface area (Å²) in [5, 5.41) is 5.05. The van der Waals surface area contributed by atoms with Gasteiger partial charge in [-0.1, -0.05) is 0 Å². The molecule has 98 valence electrons. The molecule has 1 heterocycles. The van der Waals surface area contributed by atoms with Crippen molar-refractivity contribution in [2.75, 3.05) is 18.6 Å². The quantitative estimate of drug-likeness (QED) is 0.426. The maximum Gasteiger partial charge on any atom is 0.237 e. The van der Waals surface area contributed by atoms with Crippen molar-refractivity contribution in [3.63, 3.8) is 0 Å². The molecule has 0 spiro atoms. The van der Waals surface area contributed by atoms with Gasteiger partial charge < -0.3 is 20.0 Å². The van der Waals surface area contributed by atoms with Gasteiger partial charge in [0.15, 0.2) is 11.1 Å². The molecule has 1 saturated heterocycles. The normalized spacial score (nSPS) is 27.4. The topological polar surface area (TPSA) is 95.5 Å².